The number of rotatable bonds is 5. The third-order valence-corrected chi connectivity index (χ3v) is 6.79. The molecule has 35 heavy (non-hydrogen) atoms. The van der Waals surface area contributed by atoms with E-state index in [1.807, 2.05) is 17.2 Å². The van der Waals surface area contributed by atoms with Crippen LogP contribution in [0, 0.1) is 17.2 Å². The first-order valence-corrected chi connectivity index (χ1v) is 11.5. The van der Waals surface area contributed by atoms with Crippen LogP contribution in [-0.2, 0) is 9.59 Å². The lowest BCUT2D eigenvalue weighted by atomic mass is 9.98. The quantitative estimate of drug-likeness (QED) is 0.531. The maximum atomic E-state index is 12.8. The number of anilines is 1. The van der Waals surface area contributed by atoms with Gasteiger partial charge >= 0.3 is 0 Å². The van der Waals surface area contributed by atoms with E-state index in [0.29, 0.717) is 43.0 Å². The number of likely N-dealkylation sites (tertiary alicyclic amines) is 1. The summed E-state index contributed by atoms with van der Waals surface area (Å²) < 4.78 is 7.19. The molecule has 0 N–H and O–H groups in total. The average molecular weight is 471 g/mol. The van der Waals surface area contributed by atoms with Crippen LogP contribution in [0.3, 0.4) is 0 Å². The van der Waals surface area contributed by atoms with Crippen molar-refractivity contribution in [1.29, 1.82) is 5.26 Å². The van der Waals surface area contributed by atoms with Crippen molar-refractivity contribution in [3.8, 4) is 22.9 Å². The smallest absolute Gasteiger partial charge is 0.246 e. The number of hydrogen-bond acceptors (Lipinski definition) is 6. The second-order valence-corrected chi connectivity index (χ2v) is 8.76. The molecule has 0 spiro atoms. The number of ether oxygens (including phenoxy) is 1. The summed E-state index contributed by atoms with van der Waals surface area (Å²) >= 11 is 0. The minimum Gasteiger partial charge on any atom is -0.494 e. The maximum Gasteiger partial charge on any atom is 0.246 e. The van der Waals surface area contributed by atoms with Gasteiger partial charge in [0.25, 0.3) is 0 Å². The van der Waals surface area contributed by atoms with Crippen LogP contribution in [-0.4, -0.2) is 77.6 Å². The van der Waals surface area contributed by atoms with E-state index in [2.05, 4.69) is 46.9 Å². The third-order valence-electron chi connectivity index (χ3n) is 6.79. The Balaban J connectivity index is 1.23. The van der Waals surface area contributed by atoms with Gasteiger partial charge in [-0.05, 0) is 29.8 Å². The highest BCUT2D eigenvalue weighted by Crippen LogP contribution is 2.31. The monoisotopic (exact) mass is 470 g/mol. The Kier molecular flexibility index (Phi) is 5.87. The molecule has 1 aromatic carbocycles. The zero-order chi connectivity index (χ0) is 24.5. The Morgan fingerprint density at radius 2 is 1.83 bits per heavy atom. The van der Waals surface area contributed by atoms with Gasteiger partial charge in [0.1, 0.15) is 22.9 Å². The highest BCUT2D eigenvalue weighted by molar-refractivity contribution is 5.90. The van der Waals surface area contributed by atoms with Gasteiger partial charge in [0.2, 0.25) is 11.8 Å². The fourth-order valence-electron chi connectivity index (χ4n) is 4.73. The first-order chi connectivity index (χ1) is 17.0. The number of carbonyl (C=O) groups excluding carboxylic acids is 2. The molecule has 9 nitrogen and oxygen atoms in total. The number of nitrogens with zero attached hydrogens (tertiary/aromatic N) is 6. The van der Waals surface area contributed by atoms with Gasteiger partial charge in [-0.25, -0.2) is 4.52 Å². The predicted molar refractivity (Wildman–Crippen MR) is 131 cm³/mol. The summed E-state index contributed by atoms with van der Waals surface area (Å²) in [7, 11) is 1.59. The number of hydrogen-bond donors (Lipinski definition) is 0. The highest BCUT2D eigenvalue weighted by Gasteiger charge is 2.37. The summed E-state index contributed by atoms with van der Waals surface area (Å²) in [5, 5.41) is 13.6. The van der Waals surface area contributed by atoms with Crippen molar-refractivity contribution < 1.29 is 14.3 Å². The maximum absolute atomic E-state index is 12.8. The van der Waals surface area contributed by atoms with Crippen molar-refractivity contribution in [3.63, 3.8) is 0 Å². The van der Waals surface area contributed by atoms with Crippen LogP contribution in [0.25, 0.3) is 16.6 Å². The third kappa shape index (κ3) is 4.08. The molecule has 0 radical (unpaired) electrons. The molecule has 4 heterocycles. The van der Waals surface area contributed by atoms with Crippen LogP contribution in [0.4, 0.5) is 5.69 Å². The topological polar surface area (TPSA) is 94.2 Å². The number of aromatic nitrogens is 2. The van der Waals surface area contributed by atoms with Gasteiger partial charge in [-0.3, -0.25) is 9.59 Å². The molecule has 2 amide bonds. The summed E-state index contributed by atoms with van der Waals surface area (Å²) in [5.41, 5.74) is 4.19. The molecular formula is C26H26N6O3. The Bertz CT molecular complexity index is 1330. The SMILES string of the molecule is C=CC(=O)N1CC(C(=O)N2CCN(c3ccc(-c4cc(OC)c5c(C#N)cnn5c4)cc3)CC2)C1. The highest BCUT2D eigenvalue weighted by atomic mass is 16.5. The van der Waals surface area contributed by atoms with Crippen molar-refractivity contribution in [2.75, 3.05) is 51.3 Å². The van der Waals surface area contributed by atoms with E-state index in [4.69, 9.17) is 4.74 Å². The normalized spacial score (nSPS) is 16.1. The number of carbonyl (C=O) groups is 2. The Hall–Kier alpha value is -4.32. The second-order valence-electron chi connectivity index (χ2n) is 8.76. The molecule has 0 atom stereocenters. The first kappa shape index (κ1) is 22.5. The van der Waals surface area contributed by atoms with E-state index in [1.165, 1.54) is 12.3 Å². The van der Waals surface area contributed by atoms with Gasteiger partial charge in [-0.15, -0.1) is 0 Å². The van der Waals surface area contributed by atoms with Crippen LogP contribution < -0.4 is 9.64 Å². The standard InChI is InChI=1S/C26H26N6O3/c1-3-24(33)31-15-21(16-31)26(34)30-10-8-29(9-11-30)22-6-4-18(5-7-22)19-12-23(35-2)25-20(13-27)14-28-32(25)17-19/h3-7,12,14,17,21H,1,8-11,15-16H2,2H3. The number of fused-ring (bicyclic) bond motifs is 1. The van der Waals surface area contributed by atoms with Crippen LogP contribution >= 0.6 is 0 Å². The Labute approximate surface area is 203 Å². The lowest BCUT2D eigenvalue weighted by Gasteiger charge is -2.42. The summed E-state index contributed by atoms with van der Waals surface area (Å²) in [6, 6.07) is 12.3. The molecule has 9 heteroatoms. The molecule has 0 unspecified atom stereocenters. The Morgan fingerprint density at radius 1 is 1.11 bits per heavy atom. The summed E-state index contributed by atoms with van der Waals surface area (Å²) in [5.74, 6) is 0.524. The fraction of sp³-hybridized carbons (Fsp3) is 0.308. The largest absolute Gasteiger partial charge is 0.494 e. The summed E-state index contributed by atoms with van der Waals surface area (Å²) in [4.78, 5) is 30.2. The molecular weight excluding hydrogens is 444 g/mol. The van der Waals surface area contributed by atoms with Crippen molar-refractivity contribution in [3.05, 3.63) is 60.9 Å². The molecule has 5 rings (SSSR count). The minimum atomic E-state index is -0.114. The van der Waals surface area contributed by atoms with Gasteiger partial charge in [-0.1, -0.05) is 18.7 Å². The molecule has 2 aromatic heterocycles. The van der Waals surface area contributed by atoms with E-state index in [9.17, 15) is 14.9 Å². The number of nitriles is 1. The summed E-state index contributed by atoms with van der Waals surface area (Å²) in [6.45, 7) is 7.32. The van der Waals surface area contributed by atoms with Crippen LogP contribution in [0.15, 0.2) is 55.4 Å². The summed E-state index contributed by atoms with van der Waals surface area (Å²) in [6.07, 6.45) is 4.72. The van der Waals surface area contributed by atoms with Crippen molar-refractivity contribution >= 4 is 23.0 Å². The zero-order valence-electron chi connectivity index (χ0n) is 19.6. The minimum absolute atomic E-state index is 0.0990. The number of methoxy groups -OCH3 is 1. The van der Waals surface area contributed by atoms with Gasteiger partial charge in [0.05, 0.1) is 19.2 Å². The van der Waals surface area contributed by atoms with Crippen LogP contribution in [0.5, 0.6) is 5.75 Å². The molecule has 2 aliphatic heterocycles. The fourth-order valence-corrected chi connectivity index (χ4v) is 4.73. The predicted octanol–water partition coefficient (Wildman–Crippen LogP) is 2.17. The first-order valence-electron chi connectivity index (χ1n) is 11.5. The van der Waals surface area contributed by atoms with Crippen LogP contribution in [0.2, 0.25) is 0 Å². The molecule has 0 aliphatic carbocycles. The molecule has 3 aromatic rings. The molecule has 0 bridgehead atoms. The molecule has 178 valence electrons. The van der Waals surface area contributed by atoms with Crippen molar-refractivity contribution in [2.24, 2.45) is 5.92 Å². The molecule has 0 saturated carbocycles. The second kappa shape index (κ2) is 9.14. The van der Waals surface area contributed by atoms with Gasteiger partial charge in [0.15, 0.2) is 0 Å². The van der Waals surface area contributed by atoms with E-state index < -0.39 is 0 Å². The molecule has 2 fully saturated rings. The van der Waals surface area contributed by atoms with Crippen molar-refractivity contribution in [2.45, 2.75) is 0 Å². The Morgan fingerprint density at radius 3 is 2.46 bits per heavy atom. The van der Waals surface area contributed by atoms with Gasteiger partial charge in [-0.2, -0.15) is 10.4 Å². The van der Waals surface area contributed by atoms with E-state index in [1.54, 1.807) is 16.5 Å². The molecule has 2 aliphatic rings. The van der Waals surface area contributed by atoms with E-state index >= 15 is 0 Å². The van der Waals surface area contributed by atoms with Crippen LogP contribution in [0.1, 0.15) is 5.56 Å². The lowest BCUT2D eigenvalue weighted by molar-refractivity contribution is -0.146. The van der Waals surface area contributed by atoms with Gasteiger partial charge in [0, 0.05) is 56.7 Å². The van der Waals surface area contributed by atoms with E-state index in [-0.39, 0.29) is 17.7 Å². The average Bonchev–Trinajstić information content (AvgIpc) is 3.30. The number of pyridine rings is 1. The number of benzene rings is 1. The number of amides is 2. The van der Waals surface area contributed by atoms with Crippen molar-refractivity contribution in [1.82, 2.24) is 19.4 Å². The van der Waals surface area contributed by atoms with E-state index in [0.717, 1.165) is 29.9 Å². The lowest BCUT2D eigenvalue weighted by Crippen LogP contribution is -2.58. The van der Waals surface area contributed by atoms with Gasteiger partial charge < -0.3 is 19.4 Å². The molecule has 2 saturated heterocycles. The number of piperazine rings is 1. The zero-order valence-corrected chi connectivity index (χ0v) is 19.6.